The molecule has 0 radical (unpaired) electrons. The lowest BCUT2D eigenvalue weighted by molar-refractivity contribution is 0.468. The number of fused-ring (bicyclic) bond motifs is 1. The zero-order valence-electron chi connectivity index (χ0n) is 14.5. The lowest BCUT2D eigenvalue weighted by Gasteiger charge is -2.13. The van der Waals surface area contributed by atoms with Crippen molar-refractivity contribution >= 4 is 28.1 Å². The Morgan fingerprint density at radius 3 is 2.70 bits per heavy atom. The molecule has 134 valence electrons. The Kier molecular flexibility index (Phi) is 4.25. The third kappa shape index (κ3) is 3.35. The molecule has 2 heterocycles. The maximum Gasteiger partial charge on any atom is 0.248 e. The number of aryl methyl sites for hydroxylation is 1. The van der Waals surface area contributed by atoms with Gasteiger partial charge in [0.2, 0.25) is 5.88 Å². The van der Waals surface area contributed by atoms with E-state index < -0.39 is 5.82 Å². The van der Waals surface area contributed by atoms with Gasteiger partial charge in [-0.25, -0.2) is 14.4 Å². The fraction of sp³-hybridized carbons (Fsp3) is 0.0500. The molecule has 6 nitrogen and oxygen atoms in total. The number of aromatic nitrogens is 3. The van der Waals surface area contributed by atoms with E-state index in [1.54, 1.807) is 24.3 Å². The normalized spacial score (nSPS) is 10.7. The minimum absolute atomic E-state index is 0.166. The zero-order chi connectivity index (χ0) is 18.8. The van der Waals surface area contributed by atoms with E-state index in [0.29, 0.717) is 11.3 Å². The molecule has 4 aromatic rings. The van der Waals surface area contributed by atoms with Crippen molar-refractivity contribution in [2.75, 3.05) is 11.1 Å². The second kappa shape index (κ2) is 6.87. The highest BCUT2D eigenvalue weighted by Gasteiger charge is 2.14. The van der Waals surface area contributed by atoms with E-state index in [9.17, 15) is 4.39 Å². The van der Waals surface area contributed by atoms with Gasteiger partial charge in [0.15, 0.2) is 11.6 Å². The third-order valence-corrected chi connectivity index (χ3v) is 4.00. The molecule has 0 saturated carbocycles. The van der Waals surface area contributed by atoms with Crippen LogP contribution in [0.5, 0.6) is 11.6 Å². The number of ether oxygens (including phenoxy) is 1. The zero-order valence-corrected chi connectivity index (χ0v) is 14.5. The van der Waals surface area contributed by atoms with Gasteiger partial charge in [-0.2, -0.15) is 4.98 Å². The average molecular weight is 361 g/mol. The van der Waals surface area contributed by atoms with Crippen molar-refractivity contribution in [1.29, 1.82) is 0 Å². The van der Waals surface area contributed by atoms with Gasteiger partial charge in [0.25, 0.3) is 0 Å². The first kappa shape index (κ1) is 16.7. The van der Waals surface area contributed by atoms with Gasteiger partial charge >= 0.3 is 0 Å². The van der Waals surface area contributed by atoms with Crippen LogP contribution in [-0.2, 0) is 0 Å². The van der Waals surface area contributed by atoms with Crippen molar-refractivity contribution < 1.29 is 9.13 Å². The van der Waals surface area contributed by atoms with E-state index in [1.165, 1.54) is 12.4 Å². The van der Waals surface area contributed by atoms with Crippen molar-refractivity contribution in [3.8, 4) is 11.6 Å². The van der Waals surface area contributed by atoms with Crippen LogP contribution in [0.3, 0.4) is 0 Å². The number of nitrogens with one attached hydrogen (secondary N) is 1. The highest BCUT2D eigenvalue weighted by atomic mass is 19.1. The Hall–Kier alpha value is -3.74. The molecular weight excluding hydrogens is 345 g/mol. The van der Waals surface area contributed by atoms with Crippen LogP contribution >= 0.6 is 0 Å². The van der Waals surface area contributed by atoms with Gasteiger partial charge < -0.3 is 15.8 Å². The Morgan fingerprint density at radius 2 is 1.85 bits per heavy atom. The molecule has 0 aliphatic carbocycles. The Morgan fingerprint density at radius 1 is 1.00 bits per heavy atom. The monoisotopic (exact) mass is 361 g/mol. The fourth-order valence-corrected chi connectivity index (χ4v) is 2.65. The molecule has 0 aliphatic heterocycles. The molecule has 0 saturated heterocycles. The minimum Gasteiger partial charge on any atom is -0.435 e. The van der Waals surface area contributed by atoms with Gasteiger partial charge in [0.1, 0.15) is 23.3 Å². The van der Waals surface area contributed by atoms with Crippen LogP contribution in [-0.4, -0.2) is 15.0 Å². The summed E-state index contributed by atoms with van der Waals surface area (Å²) in [6, 6.07) is 15.8. The molecule has 7 heteroatoms. The molecule has 2 aromatic carbocycles. The smallest absolute Gasteiger partial charge is 0.248 e. The van der Waals surface area contributed by atoms with Crippen molar-refractivity contribution in [1.82, 2.24) is 15.0 Å². The predicted molar refractivity (Wildman–Crippen MR) is 103 cm³/mol. The summed E-state index contributed by atoms with van der Waals surface area (Å²) in [5, 5.41) is 3.81. The van der Waals surface area contributed by atoms with E-state index in [-0.39, 0.29) is 23.1 Å². The predicted octanol–water partition coefficient (Wildman–Crippen LogP) is 4.59. The van der Waals surface area contributed by atoms with Crippen LogP contribution in [0.1, 0.15) is 5.69 Å². The SMILES string of the molecule is Cc1ccc2cccc(Oc3ncnc(Nc4ccccc4F)c3N)c2n1. The Bertz CT molecular complexity index is 1130. The summed E-state index contributed by atoms with van der Waals surface area (Å²) < 4.78 is 19.8. The topological polar surface area (TPSA) is 86.0 Å². The molecular formula is C20H16FN5O. The van der Waals surface area contributed by atoms with Crippen molar-refractivity contribution in [3.63, 3.8) is 0 Å². The fourth-order valence-electron chi connectivity index (χ4n) is 2.65. The summed E-state index contributed by atoms with van der Waals surface area (Å²) >= 11 is 0. The van der Waals surface area contributed by atoms with Crippen molar-refractivity contribution in [2.24, 2.45) is 0 Å². The molecule has 4 rings (SSSR count). The number of nitrogens with two attached hydrogens (primary N) is 1. The molecule has 0 atom stereocenters. The molecule has 2 aromatic heterocycles. The van der Waals surface area contributed by atoms with Crippen molar-refractivity contribution in [2.45, 2.75) is 6.92 Å². The maximum atomic E-state index is 13.9. The van der Waals surface area contributed by atoms with Crippen LogP contribution in [0.25, 0.3) is 10.9 Å². The molecule has 0 fully saturated rings. The summed E-state index contributed by atoms with van der Waals surface area (Å²) in [6.45, 7) is 1.91. The number of nitrogen functional groups attached to an aromatic ring is 1. The van der Waals surface area contributed by atoms with Crippen LogP contribution in [0, 0.1) is 12.7 Å². The number of benzene rings is 2. The van der Waals surface area contributed by atoms with Crippen LogP contribution in [0.2, 0.25) is 0 Å². The molecule has 27 heavy (non-hydrogen) atoms. The summed E-state index contributed by atoms with van der Waals surface area (Å²) in [5.41, 5.74) is 8.16. The van der Waals surface area contributed by atoms with Gasteiger partial charge in [0.05, 0.1) is 5.69 Å². The summed E-state index contributed by atoms with van der Waals surface area (Å²) in [5.74, 6) is 0.541. The molecule has 0 bridgehead atoms. The van der Waals surface area contributed by atoms with E-state index in [0.717, 1.165) is 11.1 Å². The number of anilines is 3. The summed E-state index contributed by atoms with van der Waals surface area (Å²) in [7, 11) is 0. The Balaban J connectivity index is 1.70. The number of hydrogen-bond donors (Lipinski definition) is 2. The molecule has 0 aliphatic rings. The number of pyridine rings is 1. The average Bonchev–Trinajstić information content (AvgIpc) is 2.67. The van der Waals surface area contributed by atoms with E-state index in [4.69, 9.17) is 10.5 Å². The number of hydrogen-bond acceptors (Lipinski definition) is 6. The molecule has 3 N–H and O–H groups in total. The van der Waals surface area contributed by atoms with Gasteiger partial charge in [-0.3, -0.25) is 0 Å². The molecule has 0 unspecified atom stereocenters. The minimum atomic E-state index is -0.410. The molecule has 0 spiro atoms. The van der Waals surface area contributed by atoms with Gasteiger partial charge in [-0.15, -0.1) is 0 Å². The van der Waals surface area contributed by atoms with Gasteiger partial charge in [0, 0.05) is 11.1 Å². The van der Waals surface area contributed by atoms with Crippen LogP contribution in [0.15, 0.2) is 60.9 Å². The highest BCUT2D eigenvalue weighted by molar-refractivity contribution is 5.85. The summed E-state index contributed by atoms with van der Waals surface area (Å²) in [6.07, 6.45) is 1.30. The van der Waals surface area contributed by atoms with Crippen molar-refractivity contribution in [3.05, 3.63) is 72.4 Å². The lowest BCUT2D eigenvalue weighted by Crippen LogP contribution is -2.04. The van der Waals surface area contributed by atoms with E-state index in [1.807, 2.05) is 31.2 Å². The van der Waals surface area contributed by atoms with Crippen LogP contribution < -0.4 is 15.8 Å². The second-order valence-electron chi connectivity index (χ2n) is 5.93. The number of nitrogens with zero attached hydrogens (tertiary/aromatic N) is 3. The van der Waals surface area contributed by atoms with Crippen LogP contribution in [0.4, 0.5) is 21.6 Å². The molecule has 0 amide bonds. The second-order valence-corrected chi connectivity index (χ2v) is 5.93. The van der Waals surface area contributed by atoms with E-state index >= 15 is 0 Å². The first-order chi connectivity index (χ1) is 13.1. The third-order valence-electron chi connectivity index (χ3n) is 4.00. The Labute approximate surface area is 154 Å². The maximum absolute atomic E-state index is 13.9. The van der Waals surface area contributed by atoms with Gasteiger partial charge in [-0.1, -0.05) is 30.3 Å². The summed E-state index contributed by atoms with van der Waals surface area (Å²) in [4.78, 5) is 12.7. The number of halogens is 1. The quantitative estimate of drug-likeness (QED) is 0.553. The lowest BCUT2D eigenvalue weighted by atomic mass is 10.2. The first-order valence-electron chi connectivity index (χ1n) is 8.28. The number of rotatable bonds is 4. The standard InChI is InChI=1S/C20H16FN5O/c1-12-9-10-13-5-4-8-16(18(13)25-12)27-20-17(22)19(23-11-24-20)26-15-7-3-2-6-14(15)21/h2-11H,22H2,1H3,(H,23,24,26). The highest BCUT2D eigenvalue weighted by Crippen LogP contribution is 2.34. The largest absolute Gasteiger partial charge is 0.435 e. The first-order valence-corrected chi connectivity index (χ1v) is 8.28. The number of para-hydroxylation sites is 2. The van der Waals surface area contributed by atoms with E-state index in [2.05, 4.69) is 20.3 Å². The van der Waals surface area contributed by atoms with Gasteiger partial charge in [-0.05, 0) is 31.2 Å².